The van der Waals surface area contributed by atoms with E-state index in [0.29, 0.717) is 0 Å². The van der Waals surface area contributed by atoms with Crippen LogP contribution in [-0.2, 0) is 0 Å². The van der Waals surface area contributed by atoms with Crippen LogP contribution in [-0.4, -0.2) is 17.6 Å². The van der Waals surface area contributed by atoms with Gasteiger partial charge in [0.1, 0.15) is 5.82 Å². The van der Waals surface area contributed by atoms with Crippen molar-refractivity contribution in [2.45, 2.75) is 38.6 Å². The number of pyridine rings is 1. The molecule has 1 aromatic heterocycles. The molecule has 19 heavy (non-hydrogen) atoms. The fourth-order valence-electron chi connectivity index (χ4n) is 4.58. The van der Waals surface area contributed by atoms with Gasteiger partial charge in [0.05, 0.1) is 0 Å². The molecule has 0 amide bonds. The van der Waals surface area contributed by atoms with E-state index < -0.39 is 0 Å². The highest BCUT2D eigenvalue weighted by atomic mass is 15.0. The van der Waals surface area contributed by atoms with Crippen LogP contribution in [0.4, 0.5) is 11.5 Å². The maximum absolute atomic E-state index is 4.37. The molecule has 1 aromatic rings. The maximum Gasteiger partial charge on any atom is 0.127 e. The zero-order chi connectivity index (χ0) is 12.8. The van der Waals surface area contributed by atoms with Gasteiger partial charge in [0.15, 0.2) is 0 Å². The largest absolute Gasteiger partial charge is 0.382 e. The number of nitrogens with zero attached hydrogens (tertiary/aromatic N) is 1. The summed E-state index contributed by atoms with van der Waals surface area (Å²) >= 11 is 0. The highest BCUT2D eigenvalue weighted by Crippen LogP contribution is 2.66. The van der Waals surface area contributed by atoms with Crippen LogP contribution in [0.5, 0.6) is 0 Å². The molecule has 3 saturated carbocycles. The van der Waals surface area contributed by atoms with Gasteiger partial charge in [-0.15, -0.1) is 0 Å². The standard InChI is InChI=1S/C16H23N3/c1-2-6-17-13-9-12(5-7-18-13)19-16-14-10-3-4-11(8-10)15(14)16/h5,7,9-11,14-16H,2-4,6,8H2,1H3,(H2,17,18,19). The van der Waals surface area contributed by atoms with Crippen molar-refractivity contribution in [3.8, 4) is 0 Å². The quantitative estimate of drug-likeness (QED) is 0.849. The van der Waals surface area contributed by atoms with E-state index in [-0.39, 0.29) is 0 Å². The normalized spacial score (nSPS) is 38.1. The Kier molecular flexibility index (Phi) is 2.68. The van der Waals surface area contributed by atoms with Crippen LogP contribution in [0.2, 0.25) is 0 Å². The Morgan fingerprint density at radius 2 is 2.05 bits per heavy atom. The highest BCUT2D eigenvalue weighted by molar-refractivity contribution is 5.53. The molecule has 0 aromatic carbocycles. The Balaban J connectivity index is 1.41. The van der Waals surface area contributed by atoms with Gasteiger partial charge in [0.25, 0.3) is 0 Å². The summed E-state index contributed by atoms with van der Waals surface area (Å²) in [4.78, 5) is 4.37. The molecule has 0 saturated heterocycles. The van der Waals surface area contributed by atoms with Gasteiger partial charge in [-0.1, -0.05) is 6.92 Å². The summed E-state index contributed by atoms with van der Waals surface area (Å²) in [6, 6.07) is 5.02. The van der Waals surface area contributed by atoms with Crippen LogP contribution in [0.25, 0.3) is 0 Å². The van der Waals surface area contributed by atoms with Crippen molar-refractivity contribution in [2.75, 3.05) is 17.2 Å². The van der Waals surface area contributed by atoms with Gasteiger partial charge >= 0.3 is 0 Å². The van der Waals surface area contributed by atoms with E-state index in [2.05, 4.69) is 34.7 Å². The summed E-state index contributed by atoms with van der Waals surface area (Å²) in [6.45, 7) is 3.17. The fraction of sp³-hybridized carbons (Fsp3) is 0.688. The SMILES string of the molecule is CCCNc1cc(NC2C3C4CCC(C4)C23)ccn1. The smallest absolute Gasteiger partial charge is 0.127 e. The first-order valence-corrected chi connectivity index (χ1v) is 7.83. The van der Waals surface area contributed by atoms with Crippen molar-refractivity contribution in [3.05, 3.63) is 18.3 Å². The van der Waals surface area contributed by atoms with Crippen LogP contribution in [0, 0.1) is 23.7 Å². The molecule has 1 heterocycles. The number of fused-ring (bicyclic) bond motifs is 5. The van der Waals surface area contributed by atoms with E-state index in [1.807, 2.05) is 6.20 Å². The Labute approximate surface area is 115 Å². The van der Waals surface area contributed by atoms with E-state index >= 15 is 0 Å². The average molecular weight is 257 g/mol. The lowest BCUT2D eigenvalue weighted by Crippen LogP contribution is -2.13. The van der Waals surface area contributed by atoms with Gasteiger partial charge < -0.3 is 10.6 Å². The molecule has 0 aliphatic heterocycles. The van der Waals surface area contributed by atoms with Crippen molar-refractivity contribution in [1.29, 1.82) is 0 Å². The summed E-state index contributed by atoms with van der Waals surface area (Å²) in [7, 11) is 0. The third-order valence-electron chi connectivity index (χ3n) is 5.38. The molecule has 3 heteroatoms. The number of hydrogen-bond donors (Lipinski definition) is 2. The summed E-state index contributed by atoms with van der Waals surface area (Å²) in [6.07, 6.45) is 7.54. The topological polar surface area (TPSA) is 37.0 Å². The van der Waals surface area contributed by atoms with Gasteiger partial charge in [-0.3, -0.25) is 0 Å². The van der Waals surface area contributed by atoms with Crippen molar-refractivity contribution < 1.29 is 0 Å². The lowest BCUT2D eigenvalue weighted by Gasteiger charge is -2.12. The summed E-state index contributed by atoms with van der Waals surface area (Å²) < 4.78 is 0. The van der Waals surface area contributed by atoms with E-state index in [1.54, 1.807) is 0 Å². The minimum atomic E-state index is 0.757. The number of aromatic nitrogens is 1. The maximum atomic E-state index is 4.37. The Morgan fingerprint density at radius 3 is 2.79 bits per heavy atom. The third-order valence-corrected chi connectivity index (χ3v) is 5.38. The van der Waals surface area contributed by atoms with E-state index in [4.69, 9.17) is 0 Å². The monoisotopic (exact) mass is 257 g/mol. The molecule has 2 N–H and O–H groups in total. The lowest BCUT2D eigenvalue weighted by molar-refractivity contribution is 0.456. The van der Waals surface area contributed by atoms with E-state index in [1.165, 1.54) is 24.9 Å². The predicted molar refractivity (Wildman–Crippen MR) is 78.2 cm³/mol. The van der Waals surface area contributed by atoms with Crippen LogP contribution >= 0.6 is 0 Å². The van der Waals surface area contributed by atoms with Crippen LogP contribution < -0.4 is 10.6 Å². The number of rotatable bonds is 5. The van der Waals surface area contributed by atoms with Crippen LogP contribution in [0.1, 0.15) is 32.6 Å². The molecule has 0 radical (unpaired) electrons. The molecule has 3 fully saturated rings. The van der Waals surface area contributed by atoms with E-state index in [0.717, 1.165) is 48.5 Å². The summed E-state index contributed by atoms with van der Waals surface area (Å²) in [5.74, 6) is 5.04. The second-order valence-electron chi connectivity index (χ2n) is 6.51. The van der Waals surface area contributed by atoms with Gasteiger partial charge in [-0.2, -0.15) is 0 Å². The van der Waals surface area contributed by atoms with Crippen molar-refractivity contribution >= 4 is 11.5 Å². The molecule has 4 unspecified atom stereocenters. The zero-order valence-corrected chi connectivity index (χ0v) is 11.6. The second-order valence-corrected chi connectivity index (χ2v) is 6.51. The first-order valence-electron chi connectivity index (χ1n) is 7.83. The number of nitrogens with one attached hydrogen (secondary N) is 2. The van der Waals surface area contributed by atoms with Crippen molar-refractivity contribution in [1.82, 2.24) is 4.98 Å². The average Bonchev–Trinajstić information content (AvgIpc) is 2.84. The zero-order valence-electron chi connectivity index (χ0n) is 11.6. The van der Waals surface area contributed by atoms with Gasteiger partial charge in [0.2, 0.25) is 0 Å². The third kappa shape index (κ3) is 1.90. The highest BCUT2D eigenvalue weighted by Gasteiger charge is 2.64. The minimum absolute atomic E-state index is 0.757. The second kappa shape index (κ2) is 4.39. The molecule has 0 spiro atoms. The first-order chi connectivity index (χ1) is 9.36. The minimum Gasteiger partial charge on any atom is -0.382 e. The number of anilines is 2. The van der Waals surface area contributed by atoms with Crippen LogP contribution in [0.3, 0.4) is 0 Å². The molecular weight excluding hydrogens is 234 g/mol. The molecule has 4 atom stereocenters. The van der Waals surface area contributed by atoms with Crippen molar-refractivity contribution in [2.24, 2.45) is 23.7 Å². The summed E-state index contributed by atoms with van der Waals surface area (Å²) in [5, 5.41) is 7.11. The molecule has 4 rings (SSSR count). The Hall–Kier alpha value is -1.25. The van der Waals surface area contributed by atoms with Gasteiger partial charge in [0, 0.05) is 30.5 Å². The Bertz CT molecular complexity index is 457. The first kappa shape index (κ1) is 11.6. The molecule has 2 bridgehead atoms. The predicted octanol–water partition coefficient (Wildman–Crippen LogP) is 3.36. The van der Waals surface area contributed by atoms with Gasteiger partial charge in [-0.25, -0.2) is 4.98 Å². The molecule has 3 nitrogen and oxygen atoms in total. The number of hydrogen-bond acceptors (Lipinski definition) is 3. The fourth-order valence-corrected chi connectivity index (χ4v) is 4.58. The summed E-state index contributed by atoms with van der Waals surface area (Å²) in [5.41, 5.74) is 1.24. The lowest BCUT2D eigenvalue weighted by atomic mass is 10.0. The molecule has 3 aliphatic rings. The van der Waals surface area contributed by atoms with Crippen molar-refractivity contribution in [3.63, 3.8) is 0 Å². The van der Waals surface area contributed by atoms with E-state index in [9.17, 15) is 0 Å². The molecule has 102 valence electrons. The van der Waals surface area contributed by atoms with Gasteiger partial charge in [-0.05, 0) is 55.4 Å². The molecular formula is C16H23N3. The molecule has 3 aliphatic carbocycles. The van der Waals surface area contributed by atoms with Crippen LogP contribution in [0.15, 0.2) is 18.3 Å². The Morgan fingerprint density at radius 1 is 1.26 bits per heavy atom.